The Morgan fingerprint density at radius 1 is 1.19 bits per heavy atom. The Hall–Kier alpha value is -3.63. The maximum Gasteiger partial charge on any atom is 0.354 e. The summed E-state index contributed by atoms with van der Waals surface area (Å²) in [5.74, 6) is -1.36. The van der Waals surface area contributed by atoms with E-state index in [4.69, 9.17) is 33.0 Å². The van der Waals surface area contributed by atoms with Crippen molar-refractivity contribution >= 4 is 46.5 Å². The molecule has 0 saturated heterocycles. The van der Waals surface area contributed by atoms with Gasteiger partial charge in [0.2, 0.25) is 5.91 Å². The average molecular weight is 465 g/mol. The van der Waals surface area contributed by atoms with E-state index in [-0.39, 0.29) is 46.6 Å². The van der Waals surface area contributed by atoms with E-state index >= 15 is 0 Å². The highest BCUT2D eigenvalue weighted by molar-refractivity contribution is 6.35. The molecule has 0 saturated carbocycles. The molecule has 10 nitrogen and oxygen atoms in total. The lowest BCUT2D eigenvalue weighted by Crippen LogP contribution is -2.17. The molecular formula is C19H14Cl2N4O6. The summed E-state index contributed by atoms with van der Waals surface area (Å²) in [5, 5.41) is 27.3. The highest BCUT2D eigenvalue weighted by atomic mass is 35.5. The van der Waals surface area contributed by atoms with Crippen LogP contribution in [0.4, 0.5) is 11.4 Å². The molecule has 0 fully saturated rings. The number of hydrogen-bond donors (Lipinski definition) is 2. The largest absolute Gasteiger partial charge is 0.477 e. The topological polar surface area (TPSA) is 137 Å². The predicted molar refractivity (Wildman–Crippen MR) is 112 cm³/mol. The molecule has 31 heavy (non-hydrogen) atoms. The molecule has 0 aliphatic carbocycles. The fraction of sp³-hybridized carbons (Fsp3) is 0.105. The van der Waals surface area contributed by atoms with Gasteiger partial charge in [0.05, 0.1) is 28.2 Å². The summed E-state index contributed by atoms with van der Waals surface area (Å²) < 4.78 is 6.79. The van der Waals surface area contributed by atoms with Crippen molar-refractivity contribution in [2.75, 3.05) is 5.32 Å². The predicted octanol–water partition coefficient (Wildman–Crippen LogP) is 4.62. The van der Waals surface area contributed by atoms with Crippen LogP contribution in [0.25, 0.3) is 0 Å². The van der Waals surface area contributed by atoms with E-state index < -0.39 is 16.8 Å². The first-order chi connectivity index (χ1) is 14.7. The standard InChI is InChI=1S/C19H14Cl2N4O6/c20-11-1-2-17(15(21)7-11)31-14-9-12(8-13(10-14)25(29)30)23-18(26)4-6-24-16(19(27)28)3-5-22-24/h1-3,5,7-10H,4,6H2,(H,23,26)(H,27,28). The van der Waals surface area contributed by atoms with Crippen LogP contribution in [0.15, 0.2) is 48.7 Å². The van der Waals surface area contributed by atoms with Crippen LogP contribution < -0.4 is 10.1 Å². The number of nitro groups is 1. The van der Waals surface area contributed by atoms with Crippen LogP contribution in [0.1, 0.15) is 16.9 Å². The second-order valence-corrected chi connectivity index (χ2v) is 7.04. The van der Waals surface area contributed by atoms with Gasteiger partial charge in [0.1, 0.15) is 17.2 Å². The molecular weight excluding hydrogens is 451 g/mol. The lowest BCUT2D eigenvalue weighted by Gasteiger charge is -2.11. The number of nitrogens with zero attached hydrogens (tertiary/aromatic N) is 3. The minimum absolute atomic E-state index is 0.0130. The molecule has 0 atom stereocenters. The van der Waals surface area contributed by atoms with Crippen LogP contribution in [0.3, 0.4) is 0 Å². The molecule has 0 aliphatic heterocycles. The van der Waals surface area contributed by atoms with Gasteiger partial charge in [0.15, 0.2) is 0 Å². The van der Waals surface area contributed by atoms with Crippen molar-refractivity contribution < 1.29 is 24.4 Å². The van der Waals surface area contributed by atoms with Crippen molar-refractivity contribution in [2.24, 2.45) is 0 Å². The van der Waals surface area contributed by atoms with Crippen LogP contribution in [0, 0.1) is 10.1 Å². The molecule has 160 valence electrons. The molecule has 1 aromatic heterocycles. The van der Waals surface area contributed by atoms with Gasteiger partial charge < -0.3 is 15.2 Å². The third kappa shape index (κ3) is 5.71. The molecule has 3 aromatic rings. The molecule has 0 radical (unpaired) electrons. The van der Waals surface area contributed by atoms with E-state index in [0.29, 0.717) is 5.02 Å². The minimum atomic E-state index is -1.17. The van der Waals surface area contributed by atoms with Crippen molar-refractivity contribution in [3.63, 3.8) is 0 Å². The molecule has 2 aromatic carbocycles. The number of halogens is 2. The summed E-state index contributed by atoms with van der Waals surface area (Å²) in [6, 6.07) is 9.57. The zero-order chi connectivity index (χ0) is 22.5. The molecule has 0 bridgehead atoms. The lowest BCUT2D eigenvalue weighted by molar-refractivity contribution is -0.384. The van der Waals surface area contributed by atoms with Crippen molar-refractivity contribution in [1.29, 1.82) is 0 Å². The zero-order valence-electron chi connectivity index (χ0n) is 15.6. The number of aryl methyl sites for hydroxylation is 1. The number of ether oxygens (including phenoxy) is 1. The summed E-state index contributed by atoms with van der Waals surface area (Å²) in [7, 11) is 0. The number of carbonyl (C=O) groups is 2. The first-order valence-electron chi connectivity index (χ1n) is 8.70. The molecule has 0 aliphatic rings. The van der Waals surface area contributed by atoms with E-state index in [0.717, 1.165) is 0 Å². The van der Waals surface area contributed by atoms with Gasteiger partial charge in [-0.05, 0) is 24.3 Å². The number of carboxylic acid groups (broad SMARTS) is 1. The van der Waals surface area contributed by atoms with Gasteiger partial charge in [-0.15, -0.1) is 0 Å². The van der Waals surface area contributed by atoms with Gasteiger partial charge in [0, 0.05) is 29.8 Å². The third-order valence-corrected chi connectivity index (χ3v) is 4.52. The summed E-state index contributed by atoms with van der Waals surface area (Å²) in [5.41, 5.74) is -0.241. The number of rotatable bonds is 8. The van der Waals surface area contributed by atoms with Crippen molar-refractivity contribution in [2.45, 2.75) is 13.0 Å². The minimum Gasteiger partial charge on any atom is -0.477 e. The summed E-state index contributed by atoms with van der Waals surface area (Å²) in [4.78, 5) is 34.0. The van der Waals surface area contributed by atoms with Gasteiger partial charge in [0.25, 0.3) is 5.69 Å². The summed E-state index contributed by atoms with van der Waals surface area (Å²) >= 11 is 11.9. The molecule has 0 unspecified atom stereocenters. The van der Waals surface area contributed by atoms with E-state index in [1.165, 1.54) is 47.3 Å². The maximum absolute atomic E-state index is 12.3. The summed E-state index contributed by atoms with van der Waals surface area (Å²) in [6.07, 6.45) is 1.21. The van der Waals surface area contributed by atoms with Crippen LogP contribution in [0.5, 0.6) is 11.5 Å². The first-order valence-corrected chi connectivity index (χ1v) is 9.46. The molecule has 1 heterocycles. The fourth-order valence-corrected chi connectivity index (χ4v) is 3.08. The Kier molecular flexibility index (Phi) is 6.73. The molecule has 2 N–H and O–H groups in total. The number of anilines is 1. The van der Waals surface area contributed by atoms with Gasteiger partial charge in [-0.25, -0.2) is 4.79 Å². The van der Waals surface area contributed by atoms with Crippen LogP contribution in [-0.2, 0) is 11.3 Å². The highest BCUT2D eigenvalue weighted by Gasteiger charge is 2.15. The van der Waals surface area contributed by atoms with Crippen molar-refractivity contribution in [1.82, 2.24) is 9.78 Å². The van der Waals surface area contributed by atoms with E-state index in [1.807, 2.05) is 0 Å². The monoisotopic (exact) mass is 464 g/mol. The number of amides is 1. The molecule has 0 spiro atoms. The van der Waals surface area contributed by atoms with Crippen LogP contribution in [-0.4, -0.2) is 31.7 Å². The van der Waals surface area contributed by atoms with Gasteiger partial charge in [-0.2, -0.15) is 5.10 Å². The number of nitrogens with one attached hydrogen (secondary N) is 1. The summed E-state index contributed by atoms with van der Waals surface area (Å²) in [6.45, 7) is 0.0130. The number of non-ortho nitro benzene ring substituents is 1. The smallest absolute Gasteiger partial charge is 0.354 e. The number of carboxylic acids is 1. The molecule has 3 rings (SSSR count). The fourth-order valence-electron chi connectivity index (χ4n) is 2.63. The Labute approximate surface area is 185 Å². The second-order valence-electron chi connectivity index (χ2n) is 6.19. The quantitative estimate of drug-likeness (QED) is 0.366. The normalized spacial score (nSPS) is 10.5. The van der Waals surface area contributed by atoms with Crippen molar-refractivity contribution in [3.05, 3.63) is 74.5 Å². The van der Waals surface area contributed by atoms with E-state index in [9.17, 15) is 19.7 Å². The van der Waals surface area contributed by atoms with E-state index in [1.54, 1.807) is 6.07 Å². The third-order valence-electron chi connectivity index (χ3n) is 3.99. The van der Waals surface area contributed by atoms with Crippen LogP contribution >= 0.6 is 23.2 Å². The SMILES string of the molecule is O=C(CCn1nccc1C(=O)O)Nc1cc(Oc2ccc(Cl)cc2Cl)cc([N+](=O)[O-])c1. The molecule has 1 amide bonds. The second kappa shape index (κ2) is 9.45. The van der Waals surface area contributed by atoms with Gasteiger partial charge >= 0.3 is 5.97 Å². The Bertz CT molecular complexity index is 1160. The average Bonchev–Trinajstić information content (AvgIpc) is 3.17. The lowest BCUT2D eigenvalue weighted by atomic mass is 10.2. The zero-order valence-corrected chi connectivity index (χ0v) is 17.1. The molecule has 12 heteroatoms. The number of hydrogen-bond acceptors (Lipinski definition) is 6. The number of aromatic nitrogens is 2. The highest BCUT2D eigenvalue weighted by Crippen LogP contribution is 2.34. The van der Waals surface area contributed by atoms with Crippen LogP contribution in [0.2, 0.25) is 10.0 Å². The maximum atomic E-state index is 12.3. The number of aromatic carboxylic acids is 1. The van der Waals surface area contributed by atoms with E-state index in [2.05, 4.69) is 10.4 Å². The van der Waals surface area contributed by atoms with Gasteiger partial charge in [-0.3, -0.25) is 19.6 Å². The van der Waals surface area contributed by atoms with Crippen molar-refractivity contribution in [3.8, 4) is 11.5 Å². The number of carbonyl (C=O) groups excluding carboxylic acids is 1. The Balaban J connectivity index is 1.75. The first kappa shape index (κ1) is 22.1. The number of benzene rings is 2. The Morgan fingerprint density at radius 3 is 2.65 bits per heavy atom. The number of nitro benzene ring substituents is 1. The Morgan fingerprint density at radius 2 is 1.97 bits per heavy atom. The van der Waals surface area contributed by atoms with Gasteiger partial charge in [-0.1, -0.05) is 23.2 Å².